The first kappa shape index (κ1) is 24.2. The van der Waals surface area contributed by atoms with Crippen molar-refractivity contribution in [2.45, 2.75) is 38.5 Å². The first-order chi connectivity index (χ1) is 18.6. The van der Waals surface area contributed by atoms with Crippen molar-refractivity contribution in [2.75, 3.05) is 13.2 Å². The Hall–Kier alpha value is -4.18. The molecule has 2 aliphatic carbocycles. The molecule has 6 rings (SSSR count). The molecule has 0 aliphatic heterocycles. The van der Waals surface area contributed by atoms with Gasteiger partial charge in [0.05, 0.1) is 25.0 Å². The van der Waals surface area contributed by atoms with E-state index in [-0.39, 0.29) is 13.2 Å². The number of benzene rings is 4. The molecule has 2 atom stereocenters. The van der Waals surface area contributed by atoms with Crippen LogP contribution in [-0.2, 0) is 31.9 Å². The van der Waals surface area contributed by atoms with E-state index in [0.717, 1.165) is 33.4 Å². The molecule has 0 heterocycles. The summed E-state index contributed by atoms with van der Waals surface area (Å²) in [4.78, 5) is 27.7. The van der Waals surface area contributed by atoms with Crippen LogP contribution in [0.4, 0.5) is 0 Å². The zero-order valence-electron chi connectivity index (χ0n) is 21.7. The predicted octanol–water partition coefficient (Wildman–Crippen LogP) is 6.82. The van der Waals surface area contributed by atoms with Crippen LogP contribution in [0.2, 0.25) is 0 Å². The van der Waals surface area contributed by atoms with Gasteiger partial charge in [-0.3, -0.25) is 9.59 Å². The molecule has 0 radical (unpaired) electrons. The summed E-state index contributed by atoms with van der Waals surface area (Å²) in [5, 5.41) is 0. The lowest BCUT2D eigenvalue weighted by Crippen LogP contribution is -2.31. The maximum absolute atomic E-state index is 13.8. The second kappa shape index (κ2) is 9.94. The Kier molecular flexibility index (Phi) is 6.32. The standard InChI is InChI=1S/C34H30O4/c1-3-37-33(35)31(27-17-9-15-25-23-13-7-5-11-21(23)19-29(25)27)32(34(36)38-4-2)28-18-10-16-26-24-14-8-6-12-22(24)20-30(26)28/h5-18,31-32H,3-4,19-20H2,1-2H3. The number of carbonyl (C=O) groups is 2. The molecule has 0 saturated heterocycles. The van der Waals surface area contributed by atoms with Crippen LogP contribution >= 0.6 is 0 Å². The van der Waals surface area contributed by atoms with Gasteiger partial charge in [-0.2, -0.15) is 0 Å². The molecule has 4 aromatic rings. The zero-order chi connectivity index (χ0) is 26.2. The summed E-state index contributed by atoms with van der Waals surface area (Å²) in [6, 6.07) is 28.8. The van der Waals surface area contributed by atoms with Crippen molar-refractivity contribution in [2.24, 2.45) is 0 Å². The van der Waals surface area contributed by atoms with Crippen molar-refractivity contribution < 1.29 is 19.1 Å². The Morgan fingerprint density at radius 3 is 1.39 bits per heavy atom. The van der Waals surface area contributed by atoms with Gasteiger partial charge in [0.25, 0.3) is 0 Å². The molecule has 4 aromatic carbocycles. The largest absolute Gasteiger partial charge is 0.465 e. The van der Waals surface area contributed by atoms with Crippen molar-refractivity contribution in [1.82, 2.24) is 0 Å². The highest BCUT2D eigenvalue weighted by Crippen LogP contribution is 2.47. The van der Waals surface area contributed by atoms with Gasteiger partial charge in [0.15, 0.2) is 0 Å². The van der Waals surface area contributed by atoms with Crippen LogP contribution in [0.25, 0.3) is 22.3 Å². The van der Waals surface area contributed by atoms with Crippen molar-refractivity contribution in [3.8, 4) is 22.3 Å². The summed E-state index contributed by atoms with van der Waals surface area (Å²) in [7, 11) is 0. The molecular formula is C34H30O4. The smallest absolute Gasteiger partial charge is 0.314 e. The van der Waals surface area contributed by atoms with Crippen LogP contribution in [0, 0.1) is 0 Å². The second-order valence-electron chi connectivity index (χ2n) is 9.87. The van der Waals surface area contributed by atoms with Crippen molar-refractivity contribution >= 4 is 11.9 Å². The van der Waals surface area contributed by atoms with Crippen LogP contribution in [0.1, 0.15) is 59.1 Å². The molecule has 0 amide bonds. The van der Waals surface area contributed by atoms with Crippen LogP contribution in [0.5, 0.6) is 0 Å². The number of hydrogen-bond acceptors (Lipinski definition) is 4. The molecule has 0 saturated carbocycles. The minimum atomic E-state index is -0.825. The quantitative estimate of drug-likeness (QED) is 0.225. The SMILES string of the molecule is CCOC(=O)C(c1cccc2c1Cc1ccccc1-2)C(C(=O)OCC)c1cccc2c1Cc1ccccc1-2. The van der Waals surface area contributed by atoms with Crippen molar-refractivity contribution in [1.29, 1.82) is 0 Å². The minimum absolute atomic E-state index is 0.235. The molecular weight excluding hydrogens is 472 g/mol. The topological polar surface area (TPSA) is 52.6 Å². The molecule has 2 aliphatic rings. The molecule has 190 valence electrons. The third-order valence-corrected chi connectivity index (χ3v) is 7.86. The van der Waals surface area contributed by atoms with E-state index < -0.39 is 23.8 Å². The van der Waals surface area contributed by atoms with E-state index in [0.29, 0.717) is 12.8 Å². The molecule has 38 heavy (non-hydrogen) atoms. The lowest BCUT2D eigenvalue weighted by Gasteiger charge is -2.28. The molecule has 0 spiro atoms. The Morgan fingerprint density at radius 2 is 0.974 bits per heavy atom. The van der Waals surface area contributed by atoms with Gasteiger partial charge in [-0.15, -0.1) is 0 Å². The summed E-state index contributed by atoms with van der Waals surface area (Å²) in [5.41, 5.74) is 10.9. The Balaban J connectivity index is 1.55. The summed E-state index contributed by atoms with van der Waals surface area (Å²) < 4.78 is 11.3. The number of ether oxygens (including phenoxy) is 2. The summed E-state index contributed by atoms with van der Waals surface area (Å²) in [6.07, 6.45) is 1.43. The van der Waals surface area contributed by atoms with Crippen molar-refractivity contribution in [3.05, 3.63) is 118 Å². The first-order valence-corrected chi connectivity index (χ1v) is 13.4. The molecule has 0 aromatic heterocycles. The molecule has 4 nitrogen and oxygen atoms in total. The summed E-state index contributed by atoms with van der Waals surface area (Å²) in [5.74, 6) is -2.45. The molecule has 2 unspecified atom stereocenters. The fraction of sp³-hybridized carbons (Fsp3) is 0.235. The maximum atomic E-state index is 13.8. The normalized spacial score (nSPS) is 14.1. The average Bonchev–Trinajstić information content (AvgIpc) is 3.51. The Morgan fingerprint density at radius 1 is 0.579 bits per heavy atom. The van der Waals surface area contributed by atoms with Crippen LogP contribution in [0.3, 0.4) is 0 Å². The molecule has 0 fully saturated rings. The number of rotatable bonds is 7. The molecule has 4 heteroatoms. The summed E-state index contributed by atoms with van der Waals surface area (Å²) in [6.45, 7) is 4.07. The predicted molar refractivity (Wildman–Crippen MR) is 148 cm³/mol. The van der Waals surface area contributed by atoms with E-state index >= 15 is 0 Å². The van der Waals surface area contributed by atoms with Crippen molar-refractivity contribution in [3.63, 3.8) is 0 Å². The van der Waals surface area contributed by atoms with E-state index in [1.165, 1.54) is 22.3 Å². The summed E-state index contributed by atoms with van der Waals surface area (Å²) >= 11 is 0. The van der Waals surface area contributed by atoms with Gasteiger partial charge in [0.2, 0.25) is 0 Å². The number of esters is 2. The first-order valence-electron chi connectivity index (χ1n) is 13.4. The third-order valence-electron chi connectivity index (χ3n) is 7.86. The lowest BCUT2D eigenvalue weighted by molar-refractivity contribution is -0.153. The monoisotopic (exact) mass is 502 g/mol. The van der Waals surface area contributed by atoms with E-state index in [9.17, 15) is 9.59 Å². The van der Waals surface area contributed by atoms with Gasteiger partial charge < -0.3 is 9.47 Å². The van der Waals surface area contributed by atoms with Crippen LogP contribution in [0.15, 0.2) is 84.9 Å². The van der Waals surface area contributed by atoms with Gasteiger partial charge in [-0.05, 0) is 82.3 Å². The number of hydrogen-bond donors (Lipinski definition) is 0. The zero-order valence-corrected chi connectivity index (χ0v) is 21.7. The maximum Gasteiger partial charge on any atom is 0.314 e. The van der Waals surface area contributed by atoms with Gasteiger partial charge in [-0.1, -0.05) is 84.9 Å². The lowest BCUT2D eigenvalue weighted by atomic mass is 9.76. The van der Waals surface area contributed by atoms with Crippen LogP contribution < -0.4 is 0 Å². The van der Waals surface area contributed by atoms with Gasteiger partial charge in [-0.25, -0.2) is 0 Å². The third kappa shape index (κ3) is 3.92. The highest BCUT2D eigenvalue weighted by molar-refractivity contribution is 5.93. The number of fused-ring (bicyclic) bond motifs is 6. The van der Waals surface area contributed by atoms with Gasteiger partial charge in [0, 0.05) is 0 Å². The Labute approximate surface area is 223 Å². The minimum Gasteiger partial charge on any atom is -0.465 e. The highest BCUT2D eigenvalue weighted by atomic mass is 16.5. The molecule has 0 N–H and O–H groups in total. The van der Waals surface area contributed by atoms with E-state index in [1.54, 1.807) is 13.8 Å². The van der Waals surface area contributed by atoms with E-state index in [1.807, 2.05) is 48.5 Å². The van der Waals surface area contributed by atoms with E-state index in [2.05, 4.69) is 36.4 Å². The fourth-order valence-electron chi connectivity index (χ4n) is 6.30. The molecule has 0 bridgehead atoms. The fourth-order valence-corrected chi connectivity index (χ4v) is 6.30. The average molecular weight is 503 g/mol. The second-order valence-corrected chi connectivity index (χ2v) is 9.87. The van der Waals surface area contributed by atoms with Gasteiger partial charge >= 0.3 is 11.9 Å². The van der Waals surface area contributed by atoms with Gasteiger partial charge in [0.1, 0.15) is 0 Å². The van der Waals surface area contributed by atoms with Crippen LogP contribution in [-0.4, -0.2) is 25.2 Å². The Bertz CT molecular complexity index is 1430. The van der Waals surface area contributed by atoms with E-state index in [4.69, 9.17) is 9.47 Å². The number of carbonyl (C=O) groups excluding carboxylic acids is 2. The highest BCUT2D eigenvalue weighted by Gasteiger charge is 2.42.